The largest absolute Gasteiger partial charge is 0.490 e. The zero-order valence-electron chi connectivity index (χ0n) is 15.1. The molecule has 0 saturated carbocycles. The minimum absolute atomic E-state index is 0.0183. The molecule has 2 aromatic rings. The molecule has 0 unspecified atom stereocenters. The molecule has 0 saturated heterocycles. The van der Waals surface area contributed by atoms with E-state index in [1.165, 1.54) is 0 Å². The molecule has 26 heavy (non-hydrogen) atoms. The minimum Gasteiger partial charge on any atom is -0.490 e. The molecule has 0 fully saturated rings. The van der Waals surface area contributed by atoms with Crippen LogP contribution in [0.2, 0.25) is 0 Å². The van der Waals surface area contributed by atoms with Crippen molar-refractivity contribution in [2.24, 2.45) is 0 Å². The first-order chi connectivity index (χ1) is 12.7. The lowest BCUT2D eigenvalue weighted by molar-refractivity contribution is -0.123. The number of amides is 1. The number of carbonyl (C=O) groups excluding carboxylic acids is 1. The number of hydrogen-bond donors (Lipinski definition) is 1. The lowest BCUT2D eigenvalue weighted by atomic mass is 10.2. The van der Waals surface area contributed by atoms with Crippen molar-refractivity contribution >= 4 is 17.3 Å². The monoisotopic (exact) mass is 360 g/mol. The average Bonchev–Trinajstić information content (AvgIpc) is 3.17. The van der Waals surface area contributed by atoms with Crippen LogP contribution >= 0.6 is 0 Å². The number of carbonyl (C=O) groups is 1. The van der Waals surface area contributed by atoms with Crippen LogP contribution in [0.25, 0.3) is 0 Å². The second kappa shape index (κ2) is 8.68. The smallest absolute Gasteiger partial charge is 0.252 e. The van der Waals surface area contributed by atoms with Gasteiger partial charge in [-0.25, -0.2) is 4.98 Å². The highest BCUT2D eigenvalue weighted by molar-refractivity contribution is 5.94. The number of aromatic amines is 1. The summed E-state index contributed by atoms with van der Waals surface area (Å²) >= 11 is 0. The molecule has 2 heterocycles. The number of H-pyrrole nitrogens is 1. The number of hydrogen-bond acceptors (Lipinski definition) is 6. The van der Waals surface area contributed by atoms with Gasteiger partial charge in [-0.1, -0.05) is 0 Å². The SMILES string of the molecule is COCCOCC(=O)N(C)c1ccc2c(c1)N(Cc1c[nH]cn1)CCO2. The van der Waals surface area contributed by atoms with E-state index in [4.69, 9.17) is 14.2 Å². The maximum atomic E-state index is 12.3. The summed E-state index contributed by atoms with van der Waals surface area (Å²) in [5, 5.41) is 0. The second-order valence-corrected chi connectivity index (χ2v) is 5.98. The van der Waals surface area contributed by atoms with Gasteiger partial charge in [0, 0.05) is 26.0 Å². The van der Waals surface area contributed by atoms with Gasteiger partial charge in [0.1, 0.15) is 19.0 Å². The van der Waals surface area contributed by atoms with Gasteiger partial charge >= 0.3 is 0 Å². The van der Waals surface area contributed by atoms with Crippen LogP contribution in [0.3, 0.4) is 0 Å². The Hall–Kier alpha value is -2.58. The fraction of sp³-hybridized carbons (Fsp3) is 0.444. The van der Waals surface area contributed by atoms with Gasteiger partial charge in [0.05, 0.1) is 44.0 Å². The van der Waals surface area contributed by atoms with E-state index in [9.17, 15) is 4.79 Å². The summed E-state index contributed by atoms with van der Waals surface area (Å²) < 4.78 is 16.0. The number of rotatable bonds is 8. The summed E-state index contributed by atoms with van der Waals surface area (Å²) in [6.07, 6.45) is 3.55. The Morgan fingerprint density at radius 2 is 2.31 bits per heavy atom. The number of nitrogens with zero attached hydrogens (tertiary/aromatic N) is 3. The van der Waals surface area contributed by atoms with Crippen molar-refractivity contribution in [3.05, 3.63) is 36.4 Å². The van der Waals surface area contributed by atoms with Gasteiger partial charge in [0.15, 0.2) is 0 Å². The highest BCUT2D eigenvalue weighted by Gasteiger charge is 2.21. The summed E-state index contributed by atoms with van der Waals surface area (Å²) in [6.45, 7) is 2.95. The molecule has 0 spiro atoms. The first-order valence-electron chi connectivity index (χ1n) is 8.51. The standard InChI is InChI=1S/C18H24N4O4/c1-21(18(23)12-25-8-7-24-2)15-3-4-17-16(9-15)22(5-6-26-17)11-14-10-19-13-20-14/h3-4,9-10,13H,5-8,11-12H2,1-2H3,(H,19,20). The Morgan fingerprint density at radius 1 is 1.42 bits per heavy atom. The van der Waals surface area contributed by atoms with Gasteiger partial charge < -0.3 is 29.0 Å². The van der Waals surface area contributed by atoms with Gasteiger partial charge in [-0.3, -0.25) is 4.79 Å². The minimum atomic E-state index is -0.114. The highest BCUT2D eigenvalue weighted by Crippen LogP contribution is 2.35. The quantitative estimate of drug-likeness (QED) is 0.718. The molecular weight excluding hydrogens is 336 g/mol. The molecule has 1 aliphatic heterocycles. The van der Waals surface area contributed by atoms with Crippen molar-refractivity contribution in [2.75, 3.05) is 56.9 Å². The molecule has 8 heteroatoms. The predicted octanol–water partition coefficient (Wildman–Crippen LogP) is 1.43. The van der Waals surface area contributed by atoms with Crippen molar-refractivity contribution in [1.82, 2.24) is 9.97 Å². The number of benzene rings is 1. The Labute approximate surface area is 152 Å². The Kier molecular flexibility index (Phi) is 6.08. The second-order valence-electron chi connectivity index (χ2n) is 5.98. The van der Waals surface area contributed by atoms with Gasteiger partial charge in [-0.15, -0.1) is 0 Å². The van der Waals surface area contributed by atoms with Crippen LogP contribution < -0.4 is 14.5 Å². The topological polar surface area (TPSA) is 79.9 Å². The molecule has 1 aromatic carbocycles. The number of aromatic nitrogens is 2. The van der Waals surface area contributed by atoms with Crippen LogP contribution in [0, 0.1) is 0 Å². The number of ether oxygens (including phenoxy) is 3. The summed E-state index contributed by atoms with van der Waals surface area (Å²) in [6, 6.07) is 5.75. The average molecular weight is 360 g/mol. The number of methoxy groups -OCH3 is 1. The first kappa shape index (κ1) is 18.2. The molecule has 0 aliphatic carbocycles. The normalized spacial score (nSPS) is 13.2. The molecule has 0 radical (unpaired) electrons. The summed E-state index contributed by atoms with van der Waals surface area (Å²) in [5.74, 6) is 0.698. The van der Waals surface area contributed by atoms with E-state index in [1.54, 1.807) is 25.4 Å². The molecule has 8 nitrogen and oxygen atoms in total. The number of fused-ring (bicyclic) bond motifs is 1. The molecular formula is C18H24N4O4. The van der Waals surface area contributed by atoms with E-state index < -0.39 is 0 Å². The Bertz CT molecular complexity index is 720. The fourth-order valence-corrected chi connectivity index (χ4v) is 2.75. The molecule has 140 valence electrons. The number of nitrogens with one attached hydrogen (secondary N) is 1. The van der Waals surface area contributed by atoms with Crippen molar-refractivity contribution in [2.45, 2.75) is 6.54 Å². The molecule has 1 aromatic heterocycles. The van der Waals surface area contributed by atoms with E-state index in [1.807, 2.05) is 24.4 Å². The molecule has 1 amide bonds. The van der Waals surface area contributed by atoms with Crippen LogP contribution in [0.5, 0.6) is 5.75 Å². The Balaban J connectivity index is 1.70. The zero-order valence-corrected chi connectivity index (χ0v) is 15.1. The maximum absolute atomic E-state index is 12.3. The van der Waals surface area contributed by atoms with E-state index in [-0.39, 0.29) is 12.5 Å². The van der Waals surface area contributed by atoms with Gasteiger partial charge in [0.25, 0.3) is 5.91 Å². The van der Waals surface area contributed by atoms with Gasteiger partial charge in [-0.2, -0.15) is 0 Å². The van der Waals surface area contributed by atoms with Crippen molar-refractivity contribution in [1.29, 1.82) is 0 Å². The van der Waals surface area contributed by atoms with E-state index in [0.717, 1.165) is 29.4 Å². The fourth-order valence-electron chi connectivity index (χ4n) is 2.75. The molecule has 1 N–H and O–H groups in total. The summed E-state index contributed by atoms with van der Waals surface area (Å²) in [7, 11) is 3.34. The number of imidazole rings is 1. The summed E-state index contributed by atoms with van der Waals surface area (Å²) in [4.78, 5) is 23.4. The first-order valence-corrected chi connectivity index (χ1v) is 8.51. The van der Waals surface area contributed by atoms with Gasteiger partial charge in [0.2, 0.25) is 0 Å². The number of anilines is 2. The van der Waals surface area contributed by atoms with Crippen LogP contribution in [-0.2, 0) is 20.8 Å². The lowest BCUT2D eigenvalue weighted by Crippen LogP contribution is -2.33. The predicted molar refractivity (Wildman–Crippen MR) is 97.7 cm³/mol. The molecule has 0 atom stereocenters. The van der Waals surface area contributed by atoms with Crippen LogP contribution in [0.4, 0.5) is 11.4 Å². The third kappa shape index (κ3) is 4.33. The zero-order chi connectivity index (χ0) is 18.4. The van der Waals surface area contributed by atoms with Crippen LogP contribution in [0.1, 0.15) is 5.69 Å². The van der Waals surface area contributed by atoms with Crippen LogP contribution in [0.15, 0.2) is 30.7 Å². The lowest BCUT2D eigenvalue weighted by Gasteiger charge is -2.32. The van der Waals surface area contributed by atoms with Crippen molar-refractivity contribution in [3.63, 3.8) is 0 Å². The molecule has 3 rings (SSSR count). The van der Waals surface area contributed by atoms with Gasteiger partial charge in [-0.05, 0) is 18.2 Å². The van der Waals surface area contributed by atoms with E-state index in [0.29, 0.717) is 26.4 Å². The van der Waals surface area contributed by atoms with E-state index in [2.05, 4.69) is 14.9 Å². The van der Waals surface area contributed by atoms with E-state index >= 15 is 0 Å². The third-order valence-corrected chi connectivity index (χ3v) is 4.23. The number of likely N-dealkylation sites (N-methyl/N-ethyl adjacent to an activating group) is 1. The highest BCUT2D eigenvalue weighted by atomic mass is 16.5. The van der Waals surface area contributed by atoms with Crippen LogP contribution in [-0.4, -0.2) is 63.0 Å². The Morgan fingerprint density at radius 3 is 3.08 bits per heavy atom. The summed E-state index contributed by atoms with van der Waals surface area (Å²) in [5.41, 5.74) is 2.71. The molecule has 0 bridgehead atoms. The molecule has 1 aliphatic rings. The van der Waals surface area contributed by atoms with Crippen molar-refractivity contribution < 1.29 is 19.0 Å². The third-order valence-electron chi connectivity index (χ3n) is 4.23. The maximum Gasteiger partial charge on any atom is 0.252 e. The van der Waals surface area contributed by atoms with Crippen molar-refractivity contribution in [3.8, 4) is 5.75 Å².